The van der Waals surface area contributed by atoms with Crippen molar-refractivity contribution in [2.24, 2.45) is 11.8 Å². The van der Waals surface area contributed by atoms with Gasteiger partial charge in [-0.05, 0) is 36.8 Å². The van der Waals surface area contributed by atoms with Gasteiger partial charge in [-0.2, -0.15) is 5.26 Å². The van der Waals surface area contributed by atoms with Crippen molar-refractivity contribution >= 4 is 17.7 Å². The Labute approximate surface area is 165 Å². The smallest absolute Gasteiger partial charge is 0.233 e. The molecule has 2 aromatic rings. The summed E-state index contributed by atoms with van der Waals surface area (Å²) in [6, 6.07) is 14.0. The molecular formula is C22H25N3OS. The average Bonchev–Trinajstić information content (AvgIpc) is 2.66. The number of benzene rings is 1. The topological polar surface area (TPSA) is 57.0 Å². The van der Waals surface area contributed by atoms with Gasteiger partial charge < -0.3 is 4.90 Å². The van der Waals surface area contributed by atoms with E-state index in [9.17, 15) is 10.1 Å². The highest BCUT2D eigenvalue weighted by molar-refractivity contribution is 8.00. The molecule has 0 unspecified atom stereocenters. The summed E-state index contributed by atoms with van der Waals surface area (Å²) in [5, 5.41) is 10.1. The predicted molar refractivity (Wildman–Crippen MR) is 109 cm³/mol. The zero-order valence-corrected chi connectivity index (χ0v) is 16.9. The normalized spacial score (nSPS) is 19.6. The Bertz CT molecular complexity index is 850. The fourth-order valence-corrected chi connectivity index (χ4v) is 4.62. The van der Waals surface area contributed by atoms with Crippen LogP contribution in [0.25, 0.3) is 11.3 Å². The monoisotopic (exact) mass is 379 g/mol. The van der Waals surface area contributed by atoms with E-state index in [1.807, 2.05) is 48.2 Å². The van der Waals surface area contributed by atoms with Crippen molar-refractivity contribution in [1.82, 2.24) is 9.88 Å². The van der Waals surface area contributed by atoms with Crippen LogP contribution in [0.5, 0.6) is 0 Å². The summed E-state index contributed by atoms with van der Waals surface area (Å²) >= 11 is 1.37. The lowest BCUT2D eigenvalue weighted by atomic mass is 9.92. The van der Waals surface area contributed by atoms with E-state index in [0.717, 1.165) is 29.9 Å². The molecule has 1 saturated heterocycles. The highest BCUT2D eigenvalue weighted by Crippen LogP contribution is 2.29. The van der Waals surface area contributed by atoms with Crippen LogP contribution in [0.2, 0.25) is 0 Å². The number of likely N-dealkylation sites (tertiary alicyclic amines) is 1. The fraction of sp³-hybridized carbons (Fsp3) is 0.409. The Morgan fingerprint density at radius 3 is 2.56 bits per heavy atom. The zero-order chi connectivity index (χ0) is 19.4. The second kappa shape index (κ2) is 8.58. The van der Waals surface area contributed by atoms with Crippen molar-refractivity contribution in [3.05, 3.63) is 47.5 Å². The summed E-state index contributed by atoms with van der Waals surface area (Å²) in [6.45, 7) is 8.01. The van der Waals surface area contributed by atoms with Crippen LogP contribution >= 0.6 is 11.8 Å². The largest absolute Gasteiger partial charge is 0.341 e. The SMILES string of the molecule is Cc1cc(C#N)c(SCC(=O)N2C[C@H](C)C[C@@H](C)C2)nc1-c1ccccc1. The number of piperidine rings is 1. The zero-order valence-electron chi connectivity index (χ0n) is 16.1. The van der Waals surface area contributed by atoms with Gasteiger partial charge in [0, 0.05) is 18.7 Å². The van der Waals surface area contributed by atoms with Crippen LogP contribution in [0.4, 0.5) is 0 Å². The molecule has 1 aromatic carbocycles. The lowest BCUT2D eigenvalue weighted by Gasteiger charge is -2.35. The number of pyridine rings is 1. The van der Waals surface area contributed by atoms with Crippen LogP contribution in [-0.4, -0.2) is 34.6 Å². The van der Waals surface area contributed by atoms with Crippen LogP contribution in [0.1, 0.15) is 31.4 Å². The van der Waals surface area contributed by atoms with Crippen LogP contribution in [-0.2, 0) is 4.79 Å². The van der Waals surface area contributed by atoms with Crippen LogP contribution in [0, 0.1) is 30.1 Å². The number of amides is 1. The number of carbonyl (C=O) groups is 1. The maximum atomic E-state index is 12.7. The maximum absolute atomic E-state index is 12.7. The van der Waals surface area contributed by atoms with Crippen molar-refractivity contribution in [3.8, 4) is 17.3 Å². The third kappa shape index (κ3) is 4.70. The van der Waals surface area contributed by atoms with Crippen LogP contribution in [0.3, 0.4) is 0 Å². The molecule has 2 atom stereocenters. The minimum Gasteiger partial charge on any atom is -0.341 e. The minimum atomic E-state index is 0.130. The number of aryl methyl sites for hydroxylation is 1. The van der Waals surface area contributed by atoms with Crippen LogP contribution < -0.4 is 0 Å². The summed E-state index contributed by atoms with van der Waals surface area (Å²) in [6.07, 6.45) is 1.18. The number of carbonyl (C=O) groups excluding carboxylic acids is 1. The van der Waals surface area contributed by atoms with Crippen LogP contribution in [0.15, 0.2) is 41.4 Å². The van der Waals surface area contributed by atoms with E-state index < -0.39 is 0 Å². The number of hydrogen-bond acceptors (Lipinski definition) is 4. The van der Waals surface area contributed by atoms with Gasteiger partial charge in [0.1, 0.15) is 11.1 Å². The number of nitriles is 1. The van der Waals surface area contributed by atoms with E-state index in [-0.39, 0.29) is 5.91 Å². The molecule has 27 heavy (non-hydrogen) atoms. The molecule has 0 bridgehead atoms. The molecule has 140 valence electrons. The molecule has 3 rings (SSSR count). The Balaban J connectivity index is 1.78. The van der Waals surface area contributed by atoms with E-state index >= 15 is 0 Å². The molecule has 1 aliphatic heterocycles. The minimum absolute atomic E-state index is 0.130. The molecule has 0 radical (unpaired) electrons. The molecule has 1 amide bonds. The van der Waals surface area contributed by atoms with Gasteiger partial charge in [0.2, 0.25) is 5.91 Å². The van der Waals surface area contributed by atoms with Gasteiger partial charge in [0.25, 0.3) is 0 Å². The Kier molecular flexibility index (Phi) is 6.18. The van der Waals surface area contributed by atoms with Gasteiger partial charge in [0.05, 0.1) is 17.0 Å². The van der Waals surface area contributed by atoms with Gasteiger partial charge in [0.15, 0.2) is 0 Å². The Morgan fingerprint density at radius 2 is 1.93 bits per heavy atom. The summed E-state index contributed by atoms with van der Waals surface area (Å²) in [4.78, 5) is 19.4. The first-order chi connectivity index (χ1) is 13.0. The predicted octanol–water partition coefficient (Wildman–Crippen LogP) is 4.53. The van der Waals surface area contributed by atoms with E-state index in [2.05, 4.69) is 19.9 Å². The lowest BCUT2D eigenvalue weighted by Crippen LogP contribution is -2.43. The molecular weight excluding hydrogens is 354 g/mol. The maximum Gasteiger partial charge on any atom is 0.233 e. The van der Waals surface area contributed by atoms with E-state index in [4.69, 9.17) is 4.98 Å². The Morgan fingerprint density at radius 1 is 1.26 bits per heavy atom. The van der Waals surface area contributed by atoms with E-state index in [0.29, 0.717) is 28.2 Å². The number of nitrogens with zero attached hydrogens (tertiary/aromatic N) is 3. The van der Waals surface area contributed by atoms with Crippen molar-refractivity contribution in [3.63, 3.8) is 0 Å². The number of hydrogen-bond donors (Lipinski definition) is 0. The first-order valence-electron chi connectivity index (χ1n) is 9.35. The highest BCUT2D eigenvalue weighted by Gasteiger charge is 2.25. The molecule has 0 saturated carbocycles. The molecule has 0 aliphatic carbocycles. The lowest BCUT2D eigenvalue weighted by molar-refractivity contribution is -0.130. The van der Waals surface area contributed by atoms with Gasteiger partial charge in [-0.3, -0.25) is 4.79 Å². The van der Waals surface area contributed by atoms with Gasteiger partial charge >= 0.3 is 0 Å². The molecule has 0 N–H and O–H groups in total. The van der Waals surface area contributed by atoms with Crippen molar-refractivity contribution in [1.29, 1.82) is 5.26 Å². The second-order valence-electron chi connectivity index (χ2n) is 7.52. The molecule has 4 nitrogen and oxygen atoms in total. The average molecular weight is 380 g/mol. The first-order valence-corrected chi connectivity index (χ1v) is 10.3. The molecule has 0 spiro atoms. The highest BCUT2D eigenvalue weighted by atomic mass is 32.2. The number of aromatic nitrogens is 1. The third-order valence-electron chi connectivity index (χ3n) is 4.90. The van der Waals surface area contributed by atoms with Crippen molar-refractivity contribution < 1.29 is 4.79 Å². The van der Waals surface area contributed by atoms with Gasteiger partial charge in [-0.1, -0.05) is 55.9 Å². The second-order valence-corrected chi connectivity index (χ2v) is 8.48. The van der Waals surface area contributed by atoms with E-state index in [1.165, 1.54) is 18.2 Å². The van der Waals surface area contributed by atoms with Gasteiger partial charge in [-0.15, -0.1) is 0 Å². The summed E-state index contributed by atoms with van der Waals surface area (Å²) in [5.74, 6) is 1.53. The third-order valence-corrected chi connectivity index (χ3v) is 5.88. The standard InChI is InChI=1S/C22H25N3OS/c1-15-9-16(2)13-25(12-15)20(26)14-27-22-19(11-23)10-17(3)21(24-22)18-7-5-4-6-8-18/h4-8,10,15-16H,9,12-14H2,1-3H3/t15-,16-/m1/s1. The number of rotatable bonds is 4. The molecule has 5 heteroatoms. The summed E-state index contributed by atoms with van der Waals surface area (Å²) in [5.41, 5.74) is 3.38. The molecule has 2 heterocycles. The first kappa shape index (κ1) is 19.4. The fourth-order valence-electron chi connectivity index (χ4n) is 3.76. The molecule has 1 aliphatic rings. The quantitative estimate of drug-likeness (QED) is 0.733. The molecule has 1 aromatic heterocycles. The summed E-state index contributed by atoms with van der Waals surface area (Å²) < 4.78 is 0. The van der Waals surface area contributed by atoms with E-state index in [1.54, 1.807) is 0 Å². The molecule has 1 fully saturated rings. The summed E-state index contributed by atoms with van der Waals surface area (Å²) in [7, 11) is 0. The van der Waals surface area contributed by atoms with Crippen molar-refractivity contribution in [2.45, 2.75) is 32.2 Å². The number of thioether (sulfide) groups is 1. The Hall–Kier alpha value is -2.32. The van der Waals surface area contributed by atoms with Gasteiger partial charge in [-0.25, -0.2) is 4.98 Å². The van der Waals surface area contributed by atoms with Crippen molar-refractivity contribution in [2.75, 3.05) is 18.8 Å².